The molecule has 2 fully saturated rings. The number of fused-ring (bicyclic) bond motifs is 1. The lowest BCUT2D eigenvalue weighted by molar-refractivity contribution is -1.10. The standard InChI is InChI=1S/C5H11N2.C2H4O2/c1-7-4-2-6(7)3-5-7;1-2(3)4/h2-5H2,1H3;1H3,(H,3,4)/q+1;. The van der Waals surface area contributed by atoms with Crippen molar-refractivity contribution in [3.8, 4) is 0 Å². The van der Waals surface area contributed by atoms with E-state index in [1.54, 1.807) is 0 Å². The number of rotatable bonds is 0. The van der Waals surface area contributed by atoms with Crippen molar-refractivity contribution in [1.82, 2.24) is 5.01 Å². The number of nitrogens with zero attached hydrogens (tertiary/aromatic N) is 2. The van der Waals surface area contributed by atoms with Crippen LogP contribution < -0.4 is 0 Å². The van der Waals surface area contributed by atoms with Crippen molar-refractivity contribution in [2.45, 2.75) is 6.92 Å². The van der Waals surface area contributed by atoms with E-state index in [0.717, 1.165) is 6.92 Å². The van der Waals surface area contributed by atoms with E-state index in [0.29, 0.717) is 0 Å². The Labute approximate surface area is 66.6 Å². The van der Waals surface area contributed by atoms with Gasteiger partial charge in [0.1, 0.15) is 13.1 Å². The second-order valence-electron chi connectivity index (χ2n) is 3.26. The molecule has 0 spiro atoms. The van der Waals surface area contributed by atoms with Gasteiger partial charge in [-0.25, -0.2) is 4.59 Å². The largest absolute Gasteiger partial charge is 0.481 e. The molecule has 0 aromatic rings. The van der Waals surface area contributed by atoms with Gasteiger partial charge in [-0.05, 0) is 0 Å². The minimum Gasteiger partial charge on any atom is -0.481 e. The molecule has 0 unspecified atom stereocenters. The molecule has 0 bridgehead atoms. The Hall–Kier alpha value is -0.610. The van der Waals surface area contributed by atoms with Gasteiger partial charge in [0.05, 0.1) is 20.1 Å². The van der Waals surface area contributed by atoms with Gasteiger partial charge in [0.25, 0.3) is 5.97 Å². The fraction of sp³-hybridized carbons (Fsp3) is 0.857. The van der Waals surface area contributed by atoms with Crippen LogP contribution in [0.1, 0.15) is 6.92 Å². The lowest BCUT2D eigenvalue weighted by atomic mass is 10.2. The molecule has 0 aliphatic carbocycles. The molecule has 0 amide bonds. The van der Waals surface area contributed by atoms with Gasteiger partial charge >= 0.3 is 0 Å². The van der Waals surface area contributed by atoms with Crippen LogP contribution >= 0.6 is 0 Å². The van der Waals surface area contributed by atoms with Crippen LogP contribution in [0.3, 0.4) is 0 Å². The van der Waals surface area contributed by atoms with Crippen LogP contribution in [0.5, 0.6) is 0 Å². The monoisotopic (exact) mass is 159 g/mol. The number of likely N-dealkylation sites (N-methyl/N-ethyl adjacent to an activating group) is 1. The van der Waals surface area contributed by atoms with Crippen molar-refractivity contribution < 1.29 is 14.5 Å². The maximum absolute atomic E-state index is 9.00. The molecule has 0 atom stereocenters. The first-order valence-electron chi connectivity index (χ1n) is 3.84. The van der Waals surface area contributed by atoms with Crippen molar-refractivity contribution in [1.29, 1.82) is 0 Å². The molecular weight excluding hydrogens is 144 g/mol. The first-order chi connectivity index (χ1) is 5.04. The Morgan fingerprint density at radius 3 is 1.73 bits per heavy atom. The summed E-state index contributed by atoms with van der Waals surface area (Å²) < 4.78 is 1.25. The normalized spacial score (nSPS) is 24.9. The Kier molecular flexibility index (Phi) is 2.15. The van der Waals surface area contributed by atoms with Crippen molar-refractivity contribution in [2.75, 3.05) is 33.2 Å². The zero-order valence-corrected chi connectivity index (χ0v) is 7.08. The van der Waals surface area contributed by atoms with Crippen LogP contribution in [-0.2, 0) is 4.79 Å². The first kappa shape index (κ1) is 8.49. The highest BCUT2D eigenvalue weighted by molar-refractivity contribution is 5.62. The zero-order valence-electron chi connectivity index (χ0n) is 7.08. The highest BCUT2D eigenvalue weighted by atomic mass is 16.4. The van der Waals surface area contributed by atoms with Gasteiger partial charge in [-0.15, -0.1) is 5.01 Å². The van der Waals surface area contributed by atoms with Gasteiger partial charge in [-0.1, -0.05) is 0 Å². The fourth-order valence-electron chi connectivity index (χ4n) is 1.39. The molecule has 1 N–H and O–H groups in total. The molecule has 4 heteroatoms. The van der Waals surface area contributed by atoms with Crippen molar-refractivity contribution in [3.63, 3.8) is 0 Å². The number of hydrogen-bond acceptors (Lipinski definition) is 2. The number of aliphatic carboxylic acids is 1. The third-order valence-corrected chi connectivity index (χ3v) is 2.36. The van der Waals surface area contributed by atoms with Gasteiger partial charge in [-0.2, -0.15) is 0 Å². The summed E-state index contributed by atoms with van der Waals surface area (Å²) in [6.45, 7) is 6.55. The number of carboxylic acid groups (broad SMARTS) is 1. The molecule has 2 rings (SSSR count). The molecule has 0 aromatic heterocycles. The SMILES string of the molecule is CC(=O)O.C[N+]12CCN1CC2. The molecule has 2 heterocycles. The van der Waals surface area contributed by atoms with Crippen LogP contribution in [0, 0.1) is 0 Å². The molecule has 0 aromatic carbocycles. The lowest BCUT2D eigenvalue weighted by Crippen LogP contribution is -2.79. The van der Waals surface area contributed by atoms with E-state index >= 15 is 0 Å². The summed E-state index contributed by atoms with van der Waals surface area (Å²) in [6.07, 6.45) is 0. The summed E-state index contributed by atoms with van der Waals surface area (Å²) in [4.78, 5) is 9.00. The second-order valence-corrected chi connectivity index (χ2v) is 3.26. The Balaban J connectivity index is 0.000000134. The predicted octanol–water partition coefficient (Wildman–Crippen LogP) is -0.232. The number of quaternary nitrogens is 1. The van der Waals surface area contributed by atoms with Crippen molar-refractivity contribution in [2.24, 2.45) is 0 Å². The molecular formula is C7H15N2O2+. The third-order valence-electron chi connectivity index (χ3n) is 2.36. The smallest absolute Gasteiger partial charge is 0.300 e. The summed E-state index contributed by atoms with van der Waals surface area (Å²) in [5, 5.41) is 9.90. The summed E-state index contributed by atoms with van der Waals surface area (Å²) in [7, 11) is 2.30. The van der Waals surface area contributed by atoms with Crippen LogP contribution in [-0.4, -0.2) is 53.9 Å². The summed E-state index contributed by atoms with van der Waals surface area (Å²) in [5.41, 5.74) is 0. The van der Waals surface area contributed by atoms with E-state index in [4.69, 9.17) is 9.90 Å². The molecule has 2 aliphatic heterocycles. The minimum absolute atomic E-state index is 0.833. The molecule has 0 radical (unpaired) electrons. The van der Waals surface area contributed by atoms with Gasteiger partial charge in [0, 0.05) is 6.92 Å². The van der Waals surface area contributed by atoms with E-state index in [1.807, 2.05) is 0 Å². The maximum Gasteiger partial charge on any atom is 0.300 e. The van der Waals surface area contributed by atoms with Crippen LogP contribution in [0.25, 0.3) is 0 Å². The average molecular weight is 159 g/mol. The van der Waals surface area contributed by atoms with Crippen LogP contribution in [0.15, 0.2) is 0 Å². The van der Waals surface area contributed by atoms with Gasteiger partial charge in [0.15, 0.2) is 0 Å². The van der Waals surface area contributed by atoms with Crippen molar-refractivity contribution in [3.05, 3.63) is 0 Å². The average Bonchev–Trinajstić information content (AvgIpc) is 1.86. The number of carbonyl (C=O) groups is 1. The van der Waals surface area contributed by atoms with Gasteiger partial charge < -0.3 is 5.11 Å². The quantitative estimate of drug-likeness (QED) is 0.496. The maximum atomic E-state index is 9.00. The van der Waals surface area contributed by atoms with E-state index in [1.165, 1.54) is 30.8 Å². The highest BCUT2D eigenvalue weighted by Gasteiger charge is 2.48. The molecule has 2 saturated heterocycles. The lowest BCUT2D eigenvalue weighted by Gasteiger charge is -2.58. The number of hydrogen-bond donors (Lipinski definition) is 1. The number of carboxylic acids is 1. The Morgan fingerprint density at radius 1 is 1.45 bits per heavy atom. The van der Waals surface area contributed by atoms with Crippen LogP contribution in [0.2, 0.25) is 0 Å². The van der Waals surface area contributed by atoms with E-state index in [-0.39, 0.29) is 0 Å². The molecule has 2 aliphatic rings. The minimum atomic E-state index is -0.833. The second kappa shape index (κ2) is 2.79. The zero-order chi connectivity index (χ0) is 8.48. The predicted molar refractivity (Wildman–Crippen MR) is 40.8 cm³/mol. The third kappa shape index (κ3) is 1.70. The van der Waals surface area contributed by atoms with E-state index < -0.39 is 5.97 Å². The summed E-state index contributed by atoms with van der Waals surface area (Å²) in [6, 6.07) is 0. The van der Waals surface area contributed by atoms with Gasteiger partial charge in [-0.3, -0.25) is 4.79 Å². The molecule has 11 heavy (non-hydrogen) atoms. The Bertz CT molecular complexity index is 158. The topological polar surface area (TPSA) is 40.5 Å². The highest BCUT2D eigenvalue weighted by Crippen LogP contribution is 2.26. The van der Waals surface area contributed by atoms with E-state index in [9.17, 15) is 0 Å². The molecule has 64 valence electrons. The summed E-state index contributed by atoms with van der Waals surface area (Å²) in [5.74, 6) is -0.833. The Morgan fingerprint density at radius 2 is 1.73 bits per heavy atom. The van der Waals surface area contributed by atoms with Crippen molar-refractivity contribution >= 4 is 5.97 Å². The van der Waals surface area contributed by atoms with E-state index in [2.05, 4.69) is 12.1 Å². The summed E-state index contributed by atoms with van der Waals surface area (Å²) >= 11 is 0. The first-order valence-corrected chi connectivity index (χ1v) is 3.84. The molecule has 0 saturated carbocycles. The molecule has 4 nitrogen and oxygen atoms in total. The fourth-order valence-corrected chi connectivity index (χ4v) is 1.39. The van der Waals surface area contributed by atoms with Crippen LogP contribution in [0.4, 0.5) is 0 Å². The van der Waals surface area contributed by atoms with Gasteiger partial charge in [0.2, 0.25) is 0 Å². The number of piperazine rings is 1.